The Labute approximate surface area is 142 Å². The van der Waals surface area contributed by atoms with Gasteiger partial charge in [0.15, 0.2) is 0 Å². The first kappa shape index (κ1) is 16.7. The molecule has 3 N–H and O–H groups in total. The minimum atomic E-state index is -0.828. The average molecular weight is 328 g/mol. The molecular formula is C18H24N4O2. The molecule has 0 spiro atoms. The minimum Gasteiger partial charge on any atom is -0.381 e. The summed E-state index contributed by atoms with van der Waals surface area (Å²) in [7, 11) is 0. The van der Waals surface area contributed by atoms with Gasteiger partial charge in [0.2, 0.25) is 5.91 Å². The highest BCUT2D eigenvalue weighted by Crippen LogP contribution is 2.20. The molecule has 0 unspecified atom stereocenters. The van der Waals surface area contributed by atoms with E-state index in [-0.39, 0.29) is 5.91 Å². The molecule has 128 valence electrons. The molecule has 24 heavy (non-hydrogen) atoms. The van der Waals surface area contributed by atoms with Gasteiger partial charge in [0.1, 0.15) is 0 Å². The van der Waals surface area contributed by atoms with E-state index in [1.54, 1.807) is 0 Å². The molecule has 0 aliphatic carbocycles. The number of nitrogens with two attached hydrogens (primary N) is 1. The van der Waals surface area contributed by atoms with E-state index in [0.29, 0.717) is 32.6 Å². The fourth-order valence-corrected chi connectivity index (χ4v) is 3.05. The van der Waals surface area contributed by atoms with Gasteiger partial charge in [0, 0.05) is 25.5 Å². The maximum atomic E-state index is 12.5. The van der Waals surface area contributed by atoms with Gasteiger partial charge < -0.3 is 15.8 Å². The third-order valence-electron chi connectivity index (χ3n) is 4.51. The van der Waals surface area contributed by atoms with Crippen molar-refractivity contribution in [2.75, 3.05) is 13.2 Å². The van der Waals surface area contributed by atoms with Gasteiger partial charge in [-0.3, -0.25) is 4.79 Å². The van der Waals surface area contributed by atoms with E-state index in [4.69, 9.17) is 10.5 Å². The second-order valence-corrected chi connectivity index (χ2v) is 6.42. The number of benzene rings is 1. The summed E-state index contributed by atoms with van der Waals surface area (Å²) in [6, 6.07) is 9.97. The fourth-order valence-electron chi connectivity index (χ4n) is 3.05. The molecule has 6 heteroatoms. The van der Waals surface area contributed by atoms with Gasteiger partial charge in [0.25, 0.3) is 0 Å². The third-order valence-corrected chi connectivity index (χ3v) is 4.51. The van der Waals surface area contributed by atoms with Crippen molar-refractivity contribution in [1.29, 1.82) is 0 Å². The molecule has 0 saturated carbocycles. The molecule has 2 heterocycles. The van der Waals surface area contributed by atoms with Gasteiger partial charge in [-0.2, -0.15) is 5.10 Å². The average Bonchev–Trinajstić information content (AvgIpc) is 2.92. The molecule has 0 atom stereocenters. The van der Waals surface area contributed by atoms with Crippen molar-refractivity contribution in [3.8, 4) is 5.69 Å². The van der Waals surface area contributed by atoms with E-state index in [1.165, 1.54) is 0 Å². The molecule has 1 aromatic carbocycles. The highest BCUT2D eigenvalue weighted by atomic mass is 16.5. The number of ether oxygens (including phenoxy) is 1. The number of rotatable bonds is 4. The Morgan fingerprint density at radius 1 is 1.33 bits per heavy atom. The van der Waals surface area contributed by atoms with Gasteiger partial charge in [-0.1, -0.05) is 18.2 Å². The van der Waals surface area contributed by atoms with Crippen molar-refractivity contribution in [2.24, 2.45) is 5.73 Å². The summed E-state index contributed by atoms with van der Waals surface area (Å²) >= 11 is 0. The van der Waals surface area contributed by atoms with Crippen LogP contribution in [0, 0.1) is 13.8 Å². The number of nitrogens with zero attached hydrogens (tertiary/aromatic N) is 2. The van der Waals surface area contributed by atoms with E-state index >= 15 is 0 Å². The molecule has 1 aliphatic heterocycles. The Hall–Kier alpha value is -2.18. The molecule has 1 aromatic heterocycles. The summed E-state index contributed by atoms with van der Waals surface area (Å²) in [5.74, 6) is -0.117. The predicted molar refractivity (Wildman–Crippen MR) is 91.9 cm³/mol. The van der Waals surface area contributed by atoms with Crippen LogP contribution in [0.2, 0.25) is 0 Å². The van der Waals surface area contributed by atoms with Crippen molar-refractivity contribution in [3.63, 3.8) is 0 Å². The van der Waals surface area contributed by atoms with Crippen molar-refractivity contribution >= 4 is 5.91 Å². The highest BCUT2D eigenvalue weighted by Gasteiger charge is 2.35. The van der Waals surface area contributed by atoms with Crippen LogP contribution in [0.15, 0.2) is 30.3 Å². The number of carbonyl (C=O) groups is 1. The Bertz CT molecular complexity index is 732. The highest BCUT2D eigenvalue weighted by molar-refractivity contribution is 5.86. The molecule has 3 rings (SSSR count). The lowest BCUT2D eigenvalue weighted by molar-refractivity contribution is -0.129. The minimum absolute atomic E-state index is 0.117. The van der Waals surface area contributed by atoms with Crippen molar-refractivity contribution in [2.45, 2.75) is 38.8 Å². The molecule has 6 nitrogen and oxygen atoms in total. The van der Waals surface area contributed by atoms with Gasteiger partial charge in [-0.25, -0.2) is 4.68 Å². The summed E-state index contributed by atoms with van der Waals surface area (Å²) in [6.45, 7) is 5.48. The lowest BCUT2D eigenvalue weighted by atomic mass is 9.90. The smallest absolute Gasteiger partial charge is 0.240 e. The number of para-hydroxylation sites is 1. The first-order chi connectivity index (χ1) is 11.5. The van der Waals surface area contributed by atoms with Crippen LogP contribution in [0.3, 0.4) is 0 Å². The van der Waals surface area contributed by atoms with Crippen molar-refractivity contribution in [1.82, 2.24) is 15.1 Å². The number of hydrogen-bond donors (Lipinski definition) is 2. The predicted octanol–water partition coefficient (Wildman–Crippen LogP) is 1.61. The molecule has 1 amide bonds. The van der Waals surface area contributed by atoms with E-state index in [2.05, 4.69) is 10.4 Å². The lowest BCUT2D eigenvalue weighted by Crippen LogP contribution is -2.56. The lowest BCUT2D eigenvalue weighted by Gasteiger charge is -2.31. The zero-order chi connectivity index (χ0) is 17.2. The quantitative estimate of drug-likeness (QED) is 0.893. The molecule has 1 aliphatic rings. The number of aromatic nitrogens is 2. The second kappa shape index (κ2) is 6.75. The summed E-state index contributed by atoms with van der Waals surface area (Å²) in [6.07, 6.45) is 1.11. The van der Waals surface area contributed by atoms with Crippen LogP contribution in [0.1, 0.15) is 29.8 Å². The van der Waals surface area contributed by atoms with E-state index in [9.17, 15) is 4.79 Å². The van der Waals surface area contributed by atoms with Crippen LogP contribution in [0.4, 0.5) is 0 Å². The fraction of sp³-hybridized carbons (Fsp3) is 0.444. The number of nitrogens with one attached hydrogen (secondary N) is 1. The van der Waals surface area contributed by atoms with E-state index in [1.807, 2.05) is 48.9 Å². The van der Waals surface area contributed by atoms with Crippen molar-refractivity contribution < 1.29 is 9.53 Å². The topological polar surface area (TPSA) is 82.2 Å². The number of amides is 1. The SMILES string of the molecule is Cc1cc(C)n(-c2ccccc2CNC(=O)C2(N)CCOCC2)n1. The van der Waals surface area contributed by atoms with Crippen LogP contribution >= 0.6 is 0 Å². The number of aryl methyl sites for hydroxylation is 2. The first-order valence-electron chi connectivity index (χ1n) is 8.26. The van der Waals surface area contributed by atoms with E-state index < -0.39 is 5.54 Å². The van der Waals surface area contributed by atoms with Crippen LogP contribution in [-0.2, 0) is 16.1 Å². The molecule has 2 aromatic rings. The Morgan fingerprint density at radius 3 is 2.71 bits per heavy atom. The number of carbonyl (C=O) groups excluding carboxylic acids is 1. The molecular weight excluding hydrogens is 304 g/mol. The normalized spacial score (nSPS) is 16.8. The molecule has 1 saturated heterocycles. The van der Waals surface area contributed by atoms with Crippen LogP contribution in [-0.4, -0.2) is 34.4 Å². The van der Waals surface area contributed by atoms with Crippen LogP contribution < -0.4 is 11.1 Å². The van der Waals surface area contributed by atoms with Crippen LogP contribution in [0.25, 0.3) is 5.69 Å². The largest absolute Gasteiger partial charge is 0.381 e. The zero-order valence-electron chi connectivity index (χ0n) is 14.2. The van der Waals surface area contributed by atoms with E-state index in [0.717, 1.165) is 22.6 Å². The van der Waals surface area contributed by atoms with Crippen molar-refractivity contribution in [3.05, 3.63) is 47.3 Å². The standard InChI is InChI=1S/C18H24N4O2/c1-13-11-14(2)22(21-13)16-6-4-3-5-15(16)12-20-17(23)18(19)7-9-24-10-8-18/h3-6,11H,7-10,12,19H2,1-2H3,(H,20,23). The van der Waals surface area contributed by atoms with Gasteiger partial charge in [-0.05, 0) is 44.4 Å². The molecule has 0 radical (unpaired) electrons. The number of hydrogen-bond acceptors (Lipinski definition) is 4. The first-order valence-corrected chi connectivity index (χ1v) is 8.26. The summed E-state index contributed by atoms with van der Waals surface area (Å²) < 4.78 is 7.20. The van der Waals surface area contributed by atoms with Gasteiger partial charge in [0.05, 0.1) is 16.9 Å². The summed E-state index contributed by atoms with van der Waals surface area (Å²) in [5, 5.41) is 7.52. The third kappa shape index (κ3) is 3.34. The molecule has 0 bridgehead atoms. The molecule has 1 fully saturated rings. The monoisotopic (exact) mass is 328 g/mol. The maximum Gasteiger partial charge on any atom is 0.240 e. The van der Waals surface area contributed by atoms with Crippen LogP contribution in [0.5, 0.6) is 0 Å². The van der Waals surface area contributed by atoms with Gasteiger partial charge >= 0.3 is 0 Å². The summed E-state index contributed by atoms with van der Waals surface area (Å²) in [4.78, 5) is 12.5. The Balaban J connectivity index is 1.76. The second-order valence-electron chi connectivity index (χ2n) is 6.42. The Morgan fingerprint density at radius 2 is 2.04 bits per heavy atom. The Kier molecular flexibility index (Phi) is 4.69. The maximum absolute atomic E-state index is 12.5. The summed E-state index contributed by atoms with van der Waals surface area (Å²) in [5.41, 5.74) is 9.41. The van der Waals surface area contributed by atoms with Gasteiger partial charge in [-0.15, -0.1) is 0 Å². The zero-order valence-corrected chi connectivity index (χ0v) is 14.2.